The summed E-state index contributed by atoms with van der Waals surface area (Å²) in [5.74, 6) is 0.716. The molecule has 0 saturated heterocycles. The highest BCUT2D eigenvalue weighted by Crippen LogP contribution is 2.20. The number of aromatic nitrogens is 2. The Kier molecular flexibility index (Phi) is 2.78. The van der Waals surface area contributed by atoms with Crippen LogP contribution in [0.3, 0.4) is 0 Å². The van der Waals surface area contributed by atoms with Gasteiger partial charge in [0.05, 0.1) is 0 Å². The highest BCUT2D eigenvalue weighted by molar-refractivity contribution is 5.47. The Labute approximate surface area is 88.0 Å². The standard InChI is InChI=1S/C11H11N3O/c1-12-9-4-2-5-10(8-9)15-11-13-6-3-7-14-11/h2-8,12H,1H3. The zero-order chi connectivity index (χ0) is 10.5. The molecule has 0 fully saturated rings. The second-order valence-electron chi connectivity index (χ2n) is 2.91. The third-order valence-electron chi connectivity index (χ3n) is 1.87. The molecule has 0 amide bonds. The Hall–Kier alpha value is -2.10. The molecule has 0 atom stereocenters. The van der Waals surface area contributed by atoms with Gasteiger partial charge in [-0.2, -0.15) is 0 Å². The number of nitrogens with one attached hydrogen (secondary N) is 1. The van der Waals surface area contributed by atoms with Gasteiger partial charge in [0, 0.05) is 31.2 Å². The van der Waals surface area contributed by atoms with Gasteiger partial charge in [-0.1, -0.05) is 6.07 Å². The molecule has 0 aliphatic carbocycles. The highest BCUT2D eigenvalue weighted by Gasteiger charge is 1.98. The summed E-state index contributed by atoms with van der Waals surface area (Å²) in [6.45, 7) is 0. The number of hydrogen-bond donors (Lipinski definition) is 1. The zero-order valence-electron chi connectivity index (χ0n) is 8.34. The maximum absolute atomic E-state index is 5.46. The maximum Gasteiger partial charge on any atom is 0.321 e. The van der Waals surface area contributed by atoms with E-state index in [0.29, 0.717) is 11.8 Å². The lowest BCUT2D eigenvalue weighted by Gasteiger charge is -2.04. The first-order valence-electron chi connectivity index (χ1n) is 4.61. The smallest absolute Gasteiger partial charge is 0.321 e. The van der Waals surface area contributed by atoms with Crippen LogP contribution in [0.15, 0.2) is 42.7 Å². The normalized spacial score (nSPS) is 9.67. The van der Waals surface area contributed by atoms with Gasteiger partial charge in [0.1, 0.15) is 5.75 Å². The average molecular weight is 201 g/mol. The van der Waals surface area contributed by atoms with Crippen LogP contribution in [0.5, 0.6) is 11.8 Å². The van der Waals surface area contributed by atoms with Crippen LogP contribution in [0, 0.1) is 0 Å². The number of hydrogen-bond acceptors (Lipinski definition) is 4. The van der Waals surface area contributed by atoms with E-state index in [9.17, 15) is 0 Å². The van der Waals surface area contributed by atoms with Crippen molar-refractivity contribution in [3.05, 3.63) is 42.7 Å². The Bertz CT molecular complexity index is 431. The minimum absolute atomic E-state index is 0.353. The van der Waals surface area contributed by atoms with Gasteiger partial charge in [-0.15, -0.1) is 0 Å². The number of benzene rings is 1. The van der Waals surface area contributed by atoms with Crippen molar-refractivity contribution in [2.24, 2.45) is 0 Å². The van der Waals surface area contributed by atoms with Crippen LogP contribution < -0.4 is 10.1 Å². The monoisotopic (exact) mass is 201 g/mol. The van der Waals surface area contributed by atoms with Gasteiger partial charge in [0.15, 0.2) is 0 Å². The molecule has 1 aromatic carbocycles. The summed E-state index contributed by atoms with van der Waals surface area (Å²) in [4.78, 5) is 7.95. The fraction of sp³-hybridized carbons (Fsp3) is 0.0909. The number of ether oxygens (including phenoxy) is 1. The fourth-order valence-corrected chi connectivity index (χ4v) is 1.16. The van der Waals surface area contributed by atoms with E-state index in [1.54, 1.807) is 18.5 Å². The van der Waals surface area contributed by atoms with E-state index in [-0.39, 0.29) is 0 Å². The summed E-state index contributed by atoms with van der Waals surface area (Å²) >= 11 is 0. The molecule has 0 unspecified atom stereocenters. The summed E-state index contributed by atoms with van der Waals surface area (Å²) in [6.07, 6.45) is 3.29. The van der Waals surface area contributed by atoms with Crippen molar-refractivity contribution in [3.8, 4) is 11.8 Å². The largest absolute Gasteiger partial charge is 0.424 e. The van der Waals surface area contributed by atoms with Crippen molar-refractivity contribution in [1.29, 1.82) is 0 Å². The molecular weight excluding hydrogens is 190 g/mol. The van der Waals surface area contributed by atoms with Crippen LogP contribution in [0.1, 0.15) is 0 Å². The first-order chi connectivity index (χ1) is 7.38. The van der Waals surface area contributed by atoms with Gasteiger partial charge in [0.25, 0.3) is 0 Å². The van der Waals surface area contributed by atoms with Crippen LogP contribution in [-0.2, 0) is 0 Å². The topological polar surface area (TPSA) is 47.0 Å². The summed E-state index contributed by atoms with van der Waals surface area (Å²) < 4.78 is 5.46. The third kappa shape index (κ3) is 2.43. The van der Waals surface area contributed by atoms with Crippen LogP contribution >= 0.6 is 0 Å². The minimum Gasteiger partial charge on any atom is -0.424 e. The summed E-state index contributed by atoms with van der Waals surface area (Å²) in [6, 6.07) is 9.71. The van der Waals surface area contributed by atoms with Gasteiger partial charge in [-0.05, 0) is 18.2 Å². The molecule has 1 aromatic heterocycles. The molecule has 0 spiro atoms. The van der Waals surface area contributed by atoms with Crippen LogP contribution in [0.2, 0.25) is 0 Å². The van der Waals surface area contributed by atoms with E-state index < -0.39 is 0 Å². The van der Waals surface area contributed by atoms with Crippen molar-refractivity contribution >= 4 is 5.69 Å². The van der Waals surface area contributed by atoms with Crippen LogP contribution in [0.25, 0.3) is 0 Å². The Balaban J connectivity index is 2.17. The van der Waals surface area contributed by atoms with Crippen molar-refractivity contribution < 1.29 is 4.74 Å². The second kappa shape index (κ2) is 4.41. The summed E-state index contributed by atoms with van der Waals surface area (Å²) in [5, 5.41) is 3.03. The lowest BCUT2D eigenvalue weighted by Crippen LogP contribution is -1.92. The maximum atomic E-state index is 5.46. The molecular formula is C11H11N3O. The molecule has 4 heteroatoms. The molecule has 0 saturated carbocycles. The second-order valence-corrected chi connectivity index (χ2v) is 2.91. The van der Waals surface area contributed by atoms with Crippen molar-refractivity contribution in [2.45, 2.75) is 0 Å². The van der Waals surface area contributed by atoms with E-state index in [0.717, 1.165) is 5.69 Å². The molecule has 4 nitrogen and oxygen atoms in total. The highest BCUT2D eigenvalue weighted by atomic mass is 16.5. The SMILES string of the molecule is CNc1cccc(Oc2ncccn2)c1. The Morgan fingerprint density at radius 1 is 1.13 bits per heavy atom. The first kappa shape index (κ1) is 9.45. The van der Waals surface area contributed by atoms with Gasteiger partial charge in [0.2, 0.25) is 0 Å². The molecule has 2 rings (SSSR count). The predicted molar refractivity (Wildman–Crippen MR) is 58.1 cm³/mol. The van der Waals surface area contributed by atoms with E-state index >= 15 is 0 Å². The molecule has 0 radical (unpaired) electrons. The van der Waals surface area contributed by atoms with E-state index in [4.69, 9.17) is 4.74 Å². The van der Waals surface area contributed by atoms with Crippen molar-refractivity contribution in [1.82, 2.24) is 9.97 Å². The van der Waals surface area contributed by atoms with Gasteiger partial charge in [-0.25, -0.2) is 9.97 Å². The molecule has 0 bridgehead atoms. The molecule has 0 aliphatic rings. The average Bonchev–Trinajstić information content (AvgIpc) is 2.31. The van der Waals surface area contributed by atoms with Crippen LogP contribution in [-0.4, -0.2) is 17.0 Å². The number of anilines is 1. The van der Waals surface area contributed by atoms with E-state index in [1.165, 1.54) is 0 Å². The lowest BCUT2D eigenvalue weighted by atomic mass is 10.3. The van der Waals surface area contributed by atoms with Crippen molar-refractivity contribution in [3.63, 3.8) is 0 Å². The number of nitrogens with zero attached hydrogens (tertiary/aromatic N) is 2. The molecule has 1 heterocycles. The first-order valence-corrected chi connectivity index (χ1v) is 4.61. The lowest BCUT2D eigenvalue weighted by molar-refractivity contribution is 0.442. The fourth-order valence-electron chi connectivity index (χ4n) is 1.16. The minimum atomic E-state index is 0.353. The quantitative estimate of drug-likeness (QED) is 0.827. The predicted octanol–water partition coefficient (Wildman–Crippen LogP) is 2.31. The number of rotatable bonds is 3. The molecule has 0 aliphatic heterocycles. The van der Waals surface area contributed by atoms with Crippen LogP contribution in [0.4, 0.5) is 5.69 Å². The van der Waals surface area contributed by atoms with Gasteiger partial charge < -0.3 is 10.1 Å². The Morgan fingerprint density at radius 2 is 1.93 bits per heavy atom. The van der Waals surface area contributed by atoms with Gasteiger partial charge >= 0.3 is 6.01 Å². The summed E-state index contributed by atoms with van der Waals surface area (Å²) in [7, 11) is 1.86. The third-order valence-corrected chi connectivity index (χ3v) is 1.87. The molecule has 2 aromatic rings. The molecule has 15 heavy (non-hydrogen) atoms. The zero-order valence-corrected chi connectivity index (χ0v) is 8.34. The van der Waals surface area contributed by atoms with Gasteiger partial charge in [-0.3, -0.25) is 0 Å². The molecule has 76 valence electrons. The molecule has 1 N–H and O–H groups in total. The Morgan fingerprint density at radius 3 is 2.67 bits per heavy atom. The van der Waals surface area contributed by atoms with E-state index in [1.807, 2.05) is 31.3 Å². The summed E-state index contributed by atoms with van der Waals surface area (Å²) in [5.41, 5.74) is 0.989. The van der Waals surface area contributed by atoms with Crippen molar-refractivity contribution in [2.75, 3.05) is 12.4 Å². The van der Waals surface area contributed by atoms with E-state index in [2.05, 4.69) is 15.3 Å².